The monoisotopic (exact) mass is 457 g/mol. The number of benzene rings is 1. The lowest BCUT2D eigenvalue weighted by Crippen LogP contribution is -2.55. The molecule has 1 atom stereocenters. The normalized spacial score (nSPS) is 20.0. The summed E-state index contributed by atoms with van der Waals surface area (Å²) in [5.74, 6) is -1.24. The number of carbonyl (C=O) groups excluding carboxylic acids is 3. The van der Waals surface area contributed by atoms with Crippen molar-refractivity contribution >= 4 is 17.7 Å². The number of rotatable bonds is 10. The minimum absolute atomic E-state index is 0.222. The maximum atomic E-state index is 13.1. The summed E-state index contributed by atoms with van der Waals surface area (Å²) in [6, 6.07) is 8.85. The van der Waals surface area contributed by atoms with Gasteiger partial charge in [0.1, 0.15) is 11.5 Å². The van der Waals surface area contributed by atoms with Gasteiger partial charge in [-0.3, -0.25) is 14.4 Å². The maximum Gasteiger partial charge on any atom is 0.242 e. The van der Waals surface area contributed by atoms with E-state index in [1.54, 1.807) is 0 Å². The van der Waals surface area contributed by atoms with Crippen molar-refractivity contribution in [3.05, 3.63) is 35.9 Å². The van der Waals surface area contributed by atoms with Gasteiger partial charge in [-0.25, -0.2) is 0 Å². The summed E-state index contributed by atoms with van der Waals surface area (Å²) in [5, 5.41) is 5.86. The molecular weight excluding hydrogens is 418 g/mol. The van der Waals surface area contributed by atoms with Crippen LogP contribution in [0, 0.1) is 5.41 Å². The minimum atomic E-state index is -1.20. The summed E-state index contributed by atoms with van der Waals surface area (Å²) in [6.45, 7) is 5.81. The molecule has 1 heterocycles. The molecule has 182 valence electrons. The zero-order chi connectivity index (χ0) is 23.7. The molecule has 4 N–H and O–H groups in total. The minimum Gasteiger partial charge on any atom is -0.369 e. The van der Waals surface area contributed by atoms with E-state index in [0.717, 1.165) is 64.0 Å². The number of hydrogen-bond acceptors (Lipinski definition) is 5. The van der Waals surface area contributed by atoms with E-state index in [9.17, 15) is 14.4 Å². The standard InChI is InChI=1S/C25H39N5O3/c1-29-14-8-16-30(18-17-29)15-7-13-27-22(31)21(19-20-9-3-2-4-10-20)28-24(33)25(23(26)32)11-5-6-12-25/h2-4,9-10,21H,5-8,11-19H2,1H3,(H2,26,32)(H,27,31)(H,28,33). The van der Waals surface area contributed by atoms with E-state index in [2.05, 4.69) is 27.5 Å². The Morgan fingerprint density at radius 2 is 1.76 bits per heavy atom. The fraction of sp³-hybridized carbons (Fsp3) is 0.640. The largest absolute Gasteiger partial charge is 0.369 e. The molecule has 8 nitrogen and oxygen atoms in total. The second-order valence-corrected chi connectivity index (χ2v) is 9.51. The zero-order valence-corrected chi connectivity index (χ0v) is 19.9. The fourth-order valence-corrected chi connectivity index (χ4v) is 4.88. The van der Waals surface area contributed by atoms with Crippen molar-refractivity contribution in [2.45, 2.75) is 51.0 Å². The van der Waals surface area contributed by atoms with Gasteiger partial charge in [-0.1, -0.05) is 43.2 Å². The van der Waals surface area contributed by atoms with Crippen LogP contribution in [0.4, 0.5) is 0 Å². The number of carbonyl (C=O) groups is 3. The Bertz CT molecular complexity index is 794. The van der Waals surface area contributed by atoms with Crippen LogP contribution in [-0.4, -0.2) is 79.9 Å². The third-order valence-corrected chi connectivity index (χ3v) is 7.03. The first kappa shape index (κ1) is 25.2. The van der Waals surface area contributed by atoms with E-state index < -0.39 is 23.3 Å². The molecule has 1 aliphatic heterocycles. The first-order chi connectivity index (χ1) is 15.9. The second kappa shape index (κ2) is 12.1. The molecule has 0 spiro atoms. The van der Waals surface area contributed by atoms with E-state index in [0.29, 0.717) is 25.8 Å². The molecule has 1 aliphatic carbocycles. The van der Waals surface area contributed by atoms with Gasteiger partial charge in [0.15, 0.2) is 0 Å². The van der Waals surface area contributed by atoms with Gasteiger partial charge in [0.25, 0.3) is 0 Å². The third-order valence-electron chi connectivity index (χ3n) is 7.03. The fourth-order valence-electron chi connectivity index (χ4n) is 4.88. The van der Waals surface area contributed by atoms with Crippen LogP contribution in [0.1, 0.15) is 44.1 Å². The predicted molar refractivity (Wildman–Crippen MR) is 128 cm³/mol. The molecule has 0 aromatic heterocycles. The lowest BCUT2D eigenvalue weighted by molar-refractivity contribution is -0.143. The first-order valence-corrected chi connectivity index (χ1v) is 12.2. The van der Waals surface area contributed by atoms with Crippen molar-refractivity contribution in [1.82, 2.24) is 20.4 Å². The van der Waals surface area contributed by atoms with Crippen LogP contribution in [0.25, 0.3) is 0 Å². The van der Waals surface area contributed by atoms with Gasteiger partial charge in [0.05, 0.1) is 0 Å². The van der Waals surface area contributed by atoms with Gasteiger partial charge in [0.2, 0.25) is 17.7 Å². The summed E-state index contributed by atoms with van der Waals surface area (Å²) in [4.78, 5) is 43.1. The molecule has 1 aromatic rings. The number of primary amides is 1. The average Bonchev–Trinajstić information content (AvgIpc) is 3.23. The van der Waals surface area contributed by atoms with E-state index in [1.807, 2.05) is 30.3 Å². The highest BCUT2D eigenvalue weighted by atomic mass is 16.2. The van der Waals surface area contributed by atoms with Crippen molar-refractivity contribution in [3.63, 3.8) is 0 Å². The summed E-state index contributed by atoms with van der Waals surface area (Å²) in [5.41, 5.74) is 5.37. The van der Waals surface area contributed by atoms with Crippen molar-refractivity contribution in [2.24, 2.45) is 11.1 Å². The molecule has 33 heavy (non-hydrogen) atoms. The lowest BCUT2D eigenvalue weighted by Gasteiger charge is -2.27. The van der Waals surface area contributed by atoms with Crippen LogP contribution in [0.2, 0.25) is 0 Å². The summed E-state index contributed by atoms with van der Waals surface area (Å²) >= 11 is 0. The smallest absolute Gasteiger partial charge is 0.242 e. The molecule has 2 aliphatic rings. The first-order valence-electron chi connectivity index (χ1n) is 12.2. The van der Waals surface area contributed by atoms with E-state index in [-0.39, 0.29) is 5.91 Å². The van der Waals surface area contributed by atoms with Crippen molar-refractivity contribution in [1.29, 1.82) is 0 Å². The number of amides is 3. The van der Waals surface area contributed by atoms with E-state index in [1.165, 1.54) is 0 Å². The Labute approximate surface area is 197 Å². The van der Waals surface area contributed by atoms with Crippen molar-refractivity contribution < 1.29 is 14.4 Å². The molecular formula is C25H39N5O3. The van der Waals surface area contributed by atoms with Gasteiger partial charge in [-0.2, -0.15) is 0 Å². The Morgan fingerprint density at radius 1 is 1.03 bits per heavy atom. The van der Waals surface area contributed by atoms with Crippen LogP contribution in [-0.2, 0) is 20.8 Å². The van der Waals surface area contributed by atoms with Crippen LogP contribution in [0.5, 0.6) is 0 Å². The highest BCUT2D eigenvalue weighted by Gasteiger charge is 2.47. The van der Waals surface area contributed by atoms with Gasteiger partial charge in [-0.15, -0.1) is 0 Å². The molecule has 3 rings (SSSR count). The Hall–Kier alpha value is -2.45. The van der Waals surface area contributed by atoms with Crippen molar-refractivity contribution in [2.75, 3.05) is 46.3 Å². The molecule has 0 bridgehead atoms. The van der Waals surface area contributed by atoms with Crippen LogP contribution in [0.3, 0.4) is 0 Å². The number of likely N-dealkylation sites (N-methyl/N-ethyl adjacent to an activating group) is 1. The molecule has 1 saturated carbocycles. The predicted octanol–water partition coefficient (Wildman–Crippen LogP) is 0.903. The van der Waals surface area contributed by atoms with E-state index in [4.69, 9.17) is 5.73 Å². The highest BCUT2D eigenvalue weighted by molar-refractivity contribution is 6.05. The van der Waals surface area contributed by atoms with Crippen LogP contribution < -0.4 is 16.4 Å². The Kier molecular flexibility index (Phi) is 9.26. The zero-order valence-electron chi connectivity index (χ0n) is 19.9. The molecule has 0 radical (unpaired) electrons. The highest BCUT2D eigenvalue weighted by Crippen LogP contribution is 2.38. The SMILES string of the molecule is CN1CCCN(CCCNC(=O)C(Cc2ccccc2)NC(=O)C2(C(N)=O)CCCC2)CC1. The molecule has 2 fully saturated rings. The molecule has 1 unspecified atom stereocenters. The molecule has 3 amide bonds. The van der Waals surface area contributed by atoms with Gasteiger partial charge >= 0.3 is 0 Å². The van der Waals surface area contributed by atoms with Gasteiger partial charge in [-0.05, 0) is 57.9 Å². The lowest BCUT2D eigenvalue weighted by atomic mass is 9.84. The molecule has 1 aromatic carbocycles. The van der Waals surface area contributed by atoms with Gasteiger partial charge < -0.3 is 26.2 Å². The third kappa shape index (κ3) is 7.01. The summed E-state index contributed by atoms with van der Waals surface area (Å²) < 4.78 is 0. The molecule has 8 heteroatoms. The molecule has 1 saturated heterocycles. The van der Waals surface area contributed by atoms with Crippen LogP contribution in [0.15, 0.2) is 30.3 Å². The maximum absolute atomic E-state index is 13.1. The Morgan fingerprint density at radius 3 is 2.45 bits per heavy atom. The number of hydrogen-bond donors (Lipinski definition) is 3. The van der Waals surface area contributed by atoms with Crippen molar-refractivity contribution in [3.8, 4) is 0 Å². The average molecular weight is 458 g/mol. The number of nitrogens with zero attached hydrogens (tertiary/aromatic N) is 2. The number of nitrogens with two attached hydrogens (primary N) is 1. The summed E-state index contributed by atoms with van der Waals surface area (Å²) in [6.07, 6.45) is 4.85. The summed E-state index contributed by atoms with van der Waals surface area (Å²) in [7, 11) is 2.15. The van der Waals surface area contributed by atoms with E-state index >= 15 is 0 Å². The van der Waals surface area contributed by atoms with Gasteiger partial charge in [0, 0.05) is 26.1 Å². The number of nitrogens with one attached hydrogen (secondary N) is 2. The Balaban J connectivity index is 1.57. The quantitative estimate of drug-likeness (QED) is 0.357. The topological polar surface area (TPSA) is 108 Å². The second-order valence-electron chi connectivity index (χ2n) is 9.51. The van der Waals surface area contributed by atoms with Crippen LogP contribution >= 0.6 is 0 Å².